The maximum Gasteiger partial charge on any atom is 0.325 e. The summed E-state index contributed by atoms with van der Waals surface area (Å²) in [7, 11) is 1.44. The van der Waals surface area contributed by atoms with Crippen LogP contribution in [0.25, 0.3) is 0 Å². The Kier molecular flexibility index (Phi) is 5.77. The fourth-order valence-corrected chi connectivity index (χ4v) is 1.46. The Bertz CT molecular complexity index is 180. The van der Waals surface area contributed by atoms with Gasteiger partial charge in [0.25, 0.3) is 0 Å². The number of ether oxygens (including phenoxy) is 1. The zero-order valence-electron chi connectivity index (χ0n) is 10.0. The first-order chi connectivity index (χ1) is 6.46. The second-order valence-corrected chi connectivity index (χ2v) is 4.29. The van der Waals surface area contributed by atoms with Crippen molar-refractivity contribution in [3.63, 3.8) is 0 Å². The Labute approximate surface area is 87.2 Å². The Morgan fingerprint density at radius 2 is 2.07 bits per heavy atom. The fourth-order valence-electron chi connectivity index (χ4n) is 1.46. The molecule has 0 saturated carbocycles. The number of hydrogen-bond donors (Lipinski definition) is 1. The molecule has 1 unspecified atom stereocenters. The molecule has 0 saturated heterocycles. The number of hydrogen-bond acceptors (Lipinski definition) is 3. The lowest BCUT2D eigenvalue weighted by atomic mass is 9.92. The van der Waals surface area contributed by atoms with Crippen LogP contribution in [0.15, 0.2) is 0 Å². The molecule has 0 aliphatic rings. The maximum atomic E-state index is 11.6. The second kappa shape index (κ2) is 6.02. The number of nitrogens with one attached hydrogen (secondary N) is 1. The van der Waals surface area contributed by atoms with Crippen LogP contribution < -0.4 is 5.32 Å². The largest absolute Gasteiger partial charge is 0.468 e. The average Bonchev–Trinajstić information content (AvgIpc) is 2.14. The summed E-state index contributed by atoms with van der Waals surface area (Å²) in [5.74, 6) is 0.442. The Morgan fingerprint density at radius 3 is 2.43 bits per heavy atom. The van der Waals surface area contributed by atoms with E-state index in [0.29, 0.717) is 5.92 Å². The van der Waals surface area contributed by atoms with Gasteiger partial charge in [-0.25, -0.2) is 0 Å². The molecule has 0 rings (SSSR count). The van der Waals surface area contributed by atoms with E-state index in [1.807, 2.05) is 13.8 Å². The molecule has 14 heavy (non-hydrogen) atoms. The Hall–Kier alpha value is -0.570. The van der Waals surface area contributed by atoms with E-state index in [1.165, 1.54) is 7.11 Å². The van der Waals surface area contributed by atoms with Gasteiger partial charge in [0, 0.05) is 0 Å². The first kappa shape index (κ1) is 13.4. The van der Waals surface area contributed by atoms with Crippen LogP contribution in [-0.2, 0) is 9.53 Å². The summed E-state index contributed by atoms with van der Waals surface area (Å²) >= 11 is 0. The zero-order valence-corrected chi connectivity index (χ0v) is 10.0. The van der Waals surface area contributed by atoms with E-state index in [2.05, 4.69) is 19.2 Å². The number of rotatable bonds is 6. The van der Waals surface area contributed by atoms with Crippen molar-refractivity contribution in [2.75, 3.05) is 13.7 Å². The van der Waals surface area contributed by atoms with E-state index in [-0.39, 0.29) is 5.97 Å². The molecule has 0 spiro atoms. The highest BCUT2D eigenvalue weighted by atomic mass is 16.5. The molecule has 3 heteroatoms. The third-order valence-electron chi connectivity index (χ3n) is 2.42. The van der Waals surface area contributed by atoms with Gasteiger partial charge in [0.05, 0.1) is 7.11 Å². The molecule has 0 aliphatic carbocycles. The van der Waals surface area contributed by atoms with E-state index in [0.717, 1.165) is 19.4 Å². The molecule has 0 aromatic heterocycles. The lowest BCUT2D eigenvalue weighted by molar-refractivity contribution is -0.148. The van der Waals surface area contributed by atoms with Gasteiger partial charge < -0.3 is 10.1 Å². The molecule has 0 amide bonds. The minimum Gasteiger partial charge on any atom is -0.468 e. The summed E-state index contributed by atoms with van der Waals surface area (Å²) in [6.07, 6.45) is 1.85. The van der Waals surface area contributed by atoms with Crippen LogP contribution in [0.4, 0.5) is 0 Å². The summed E-state index contributed by atoms with van der Waals surface area (Å²) in [4.78, 5) is 11.6. The van der Waals surface area contributed by atoms with Crippen LogP contribution >= 0.6 is 0 Å². The van der Waals surface area contributed by atoms with Gasteiger partial charge in [-0.1, -0.05) is 20.8 Å². The Morgan fingerprint density at radius 1 is 1.50 bits per heavy atom. The minimum absolute atomic E-state index is 0.167. The first-order valence-electron chi connectivity index (χ1n) is 5.29. The Balaban J connectivity index is 4.30. The topological polar surface area (TPSA) is 38.3 Å². The zero-order chi connectivity index (χ0) is 11.2. The molecular weight excluding hydrogens is 178 g/mol. The number of carbonyl (C=O) groups is 1. The standard InChI is InChI=1S/C11H23NO2/c1-6-12-11(4,10(13)14-5)8-7-9(2)3/h9,12H,6-8H2,1-5H3. The molecule has 1 N–H and O–H groups in total. The first-order valence-corrected chi connectivity index (χ1v) is 5.29. The molecule has 0 heterocycles. The molecule has 84 valence electrons. The molecule has 0 aliphatic heterocycles. The van der Waals surface area contributed by atoms with Crippen molar-refractivity contribution in [1.29, 1.82) is 0 Å². The number of likely N-dealkylation sites (N-methyl/N-ethyl adjacent to an activating group) is 1. The van der Waals surface area contributed by atoms with Crippen molar-refractivity contribution in [1.82, 2.24) is 5.32 Å². The summed E-state index contributed by atoms with van der Waals surface area (Å²) < 4.78 is 4.80. The third kappa shape index (κ3) is 4.09. The maximum absolute atomic E-state index is 11.6. The molecule has 1 atom stereocenters. The summed E-state index contributed by atoms with van der Waals surface area (Å²) in [5, 5.41) is 3.19. The molecule has 0 bridgehead atoms. The highest BCUT2D eigenvalue weighted by molar-refractivity contribution is 5.80. The highest BCUT2D eigenvalue weighted by Gasteiger charge is 2.32. The summed E-state index contributed by atoms with van der Waals surface area (Å²) in [5.41, 5.74) is -0.520. The number of carbonyl (C=O) groups excluding carboxylic acids is 1. The lowest BCUT2D eigenvalue weighted by Crippen LogP contribution is -2.50. The van der Waals surface area contributed by atoms with Crippen LogP contribution in [0.5, 0.6) is 0 Å². The van der Waals surface area contributed by atoms with Gasteiger partial charge in [-0.2, -0.15) is 0 Å². The summed E-state index contributed by atoms with van der Waals surface area (Å²) in [6, 6.07) is 0. The van der Waals surface area contributed by atoms with Crippen molar-refractivity contribution in [2.45, 2.75) is 46.1 Å². The van der Waals surface area contributed by atoms with Gasteiger partial charge >= 0.3 is 5.97 Å². The predicted octanol–water partition coefficient (Wildman–Crippen LogP) is 1.96. The van der Waals surface area contributed by atoms with Gasteiger partial charge in [0.1, 0.15) is 5.54 Å². The SMILES string of the molecule is CCNC(C)(CCC(C)C)C(=O)OC. The number of esters is 1. The van der Waals surface area contributed by atoms with Crippen LogP contribution in [0.2, 0.25) is 0 Å². The van der Waals surface area contributed by atoms with Gasteiger partial charge in [-0.3, -0.25) is 4.79 Å². The molecule has 0 aromatic carbocycles. The fraction of sp³-hybridized carbons (Fsp3) is 0.909. The van der Waals surface area contributed by atoms with E-state index >= 15 is 0 Å². The highest BCUT2D eigenvalue weighted by Crippen LogP contribution is 2.17. The predicted molar refractivity (Wildman–Crippen MR) is 58.2 cm³/mol. The van der Waals surface area contributed by atoms with Crippen molar-refractivity contribution in [2.24, 2.45) is 5.92 Å². The lowest BCUT2D eigenvalue weighted by Gasteiger charge is -2.28. The van der Waals surface area contributed by atoms with Crippen molar-refractivity contribution in [3.05, 3.63) is 0 Å². The molecule has 0 radical (unpaired) electrons. The van der Waals surface area contributed by atoms with Gasteiger partial charge in [0.2, 0.25) is 0 Å². The van der Waals surface area contributed by atoms with Crippen LogP contribution in [0, 0.1) is 5.92 Å². The van der Waals surface area contributed by atoms with Crippen LogP contribution in [0.1, 0.15) is 40.5 Å². The summed E-state index contributed by atoms with van der Waals surface area (Å²) in [6.45, 7) is 9.00. The van der Waals surface area contributed by atoms with Crippen molar-refractivity contribution < 1.29 is 9.53 Å². The third-order valence-corrected chi connectivity index (χ3v) is 2.42. The molecular formula is C11H23NO2. The monoisotopic (exact) mass is 201 g/mol. The van der Waals surface area contributed by atoms with Crippen LogP contribution in [0.3, 0.4) is 0 Å². The van der Waals surface area contributed by atoms with Gasteiger partial charge in [-0.15, -0.1) is 0 Å². The van der Waals surface area contributed by atoms with Gasteiger partial charge in [0.15, 0.2) is 0 Å². The molecule has 0 aromatic rings. The van der Waals surface area contributed by atoms with Gasteiger partial charge in [-0.05, 0) is 32.2 Å². The number of methoxy groups -OCH3 is 1. The van der Waals surface area contributed by atoms with Crippen molar-refractivity contribution in [3.8, 4) is 0 Å². The average molecular weight is 201 g/mol. The van der Waals surface area contributed by atoms with Crippen molar-refractivity contribution >= 4 is 5.97 Å². The molecule has 0 fully saturated rings. The van der Waals surface area contributed by atoms with E-state index in [4.69, 9.17) is 4.74 Å². The van der Waals surface area contributed by atoms with E-state index in [9.17, 15) is 4.79 Å². The quantitative estimate of drug-likeness (QED) is 0.668. The minimum atomic E-state index is -0.520. The smallest absolute Gasteiger partial charge is 0.325 e. The van der Waals surface area contributed by atoms with Crippen LogP contribution in [-0.4, -0.2) is 25.2 Å². The molecule has 3 nitrogen and oxygen atoms in total. The van der Waals surface area contributed by atoms with E-state index in [1.54, 1.807) is 0 Å². The van der Waals surface area contributed by atoms with E-state index < -0.39 is 5.54 Å². The normalized spacial score (nSPS) is 15.3. The second-order valence-electron chi connectivity index (χ2n) is 4.29.